The van der Waals surface area contributed by atoms with Crippen LogP contribution in [0.25, 0.3) is 0 Å². The van der Waals surface area contributed by atoms with Crippen molar-refractivity contribution in [1.82, 2.24) is 10.2 Å². The molecule has 1 saturated carbocycles. The second-order valence-electron chi connectivity index (χ2n) is 5.51. The summed E-state index contributed by atoms with van der Waals surface area (Å²) in [6.45, 7) is 9.82. The Morgan fingerprint density at radius 2 is 2.13 bits per heavy atom. The van der Waals surface area contributed by atoms with Crippen LogP contribution in [-0.2, 0) is 0 Å². The highest BCUT2D eigenvalue weighted by molar-refractivity contribution is 4.85. The molecule has 1 heterocycles. The fourth-order valence-electron chi connectivity index (χ4n) is 2.74. The third kappa shape index (κ3) is 3.46. The van der Waals surface area contributed by atoms with Crippen molar-refractivity contribution in [3.8, 4) is 0 Å². The average molecular weight is 210 g/mol. The highest BCUT2D eigenvalue weighted by atomic mass is 15.2. The van der Waals surface area contributed by atoms with Crippen LogP contribution in [0.5, 0.6) is 0 Å². The standard InChI is InChI=1S/C13H26N2/c1-3-7-14-13-6-8-15(10-13)9-11(2)12-4-5-12/h11-14H,3-10H2,1-2H3. The first-order valence-electron chi connectivity index (χ1n) is 6.75. The maximum Gasteiger partial charge on any atom is 0.0207 e. The van der Waals surface area contributed by atoms with E-state index in [-0.39, 0.29) is 0 Å². The van der Waals surface area contributed by atoms with E-state index in [1.165, 1.54) is 51.9 Å². The molecule has 2 heteroatoms. The summed E-state index contributed by atoms with van der Waals surface area (Å²) in [5.41, 5.74) is 0. The van der Waals surface area contributed by atoms with Crippen LogP contribution in [0, 0.1) is 11.8 Å². The summed E-state index contributed by atoms with van der Waals surface area (Å²) in [6, 6.07) is 0.774. The van der Waals surface area contributed by atoms with Crippen molar-refractivity contribution >= 4 is 0 Å². The largest absolute Gasteiger partial charge is 0.313 e. The number of nitrogens with one attached hydrogen (secondary N) is 1. The lowest BCUT2D eigenvalue weighted by Crippen LogP contribution is -2.34. The van der Waals surface area contributed by atoms with Crippen LogP contribution in [0.15, 0.2) is 0 Å². The molecule has 2 fully saturated rings. The molecule has 0 amide bonds. The molecule has 2 atom stereocenters. The molecule has 0 aromatic heterocycles. The molecule has 15 heavy (non-hydrogen) atoms. The number of nitrogens with zero attached hydrogens (tertiary/aromatic N) is 1. The molecule has 0 bridgehead atoms. The highest BCUT2D eigenvalue weighted by Crippen LogP contribution is 2.37. The van der Waals surface area contributed by atoms with E-state index in [1.54, 1.807) is 0 Å². The monoisotopic (exact) mass is 210 g/mol. The zero-order chi connectivity index (χ0) is 10.7. The zero-order valence-electron chi connectivity index (χ0n) is 10.3. The summed E-state index contributed by atoms with van der Waals surface area (Å²) in [7, 11) is 0. The fraction of sp³-hybridized carbons (Fsp3) is 1.00. The molecule has 2 rings (SSSR count). The van der Waals surface area contributed by atoms with Gasteiger partial charge in [0.1, 0.15) is 0 Å². The lowest BCUT2D eigenvalue weighted by atomic mass is 10.1. The van der Waals surface area contributed by atoms with Crippen molar-refractivity contribution in [1.29, 1.82) is 0 Å². The predicted octanol–water partition coefficient (Wildman–Crippen LogP) is 2.11. The van der Waals surface area contributed by atoms with Crippen molar-refractivity contribution in [3.05, 3.63) is 0 Å². The SMILES string of the molecule is CCCNC1CCN(CC(C)C2CC2)C1. The Hall–Kier alpha value is -0.0800. The van der Waals surface area contributed by atoms with Gasteiger partial charge in [0.15, 0.2) is 0 Å². The molecule has 1 N–H and O–H groups in total. The minimum atomic E-state index is 0.774. The molecule has 0 spiro atoms. The number of rotatable bonds is 6. The number of hydrogen-bond donors (Lipinski definition) is 1. The third-order valence-corrected chi connectivity index (χ3v) is 3.93. The van der Waals surface area contributed by atoms with Gasteiger partial charge in [-0.2, -0.15) is 0 Å². The zero-order valence-corrected chi connectivity index (χ0v) is 10.3. The van der Waals surface area contributed by atoms with Gasteiger partial charge < -0.3 is 10.2 Å². The summed E-state index contributed by atoms with van der Waals surface area (Å²) in [5.74, 6) is 2.00. The van der Waals surface area contributed by atoms with Gasteiger partial charge in [-0.1, -0.05) is 13.8 Å². The molecule has 1 saturated heterocycles. The fourth-order valence-corrected chi connectivity index (χ4v) is 2.74. The molecular formula is C13H26N2. The van der Waals surface area contributed by atoms with Gasteiger partial charge in [-0.3, -0.25) is 0 Å². The lowest BCUT2D eigenvalue weighted by molar-refractivity contribution is 0.266. The van der Waals surface area contributed by atoms with Gasteiger partial charge in [-0.05, 0) is 50.6 Å². The van der Waals surface area contributed by atoms with Crippen LogP contribution < -0.4 is 5.32 Å². The van der Waals surface area contributed by atoms with Crippen LogP contribution in [0.1, 0.15) is 39.5 Å². The van der Waals surface area contributed by atoms with Crippen molar-refractivity contribution in [2.45, 2.75) is 45.6 Å². The Balaban J connectivity index is 1.63. The summed E-state index contributed by atoms with van der Waals surface area (Å²) < 4.78 is 0. The van der Waals surface area contributed by atoms with E-state index < -0.39 is 0 Å². The molecule has 2 unspecified atom stereocenters. The molecule has 0 aromatic carbocycles. The molecular weight excluding hydrogens is 184 g/mol. The lowest BCUT2D eigenvalue weighted by Gasteiger charge is -2.20. The van der Waals surface area contributed by atoms with E-state index in [4.69, 9.17) is 0 Å². The second kappa shape index (κ2) is 5.31. The number of hydrogen-bond acceptors (Lipinski definition) is 2. The summed E-state index contributed by atoms with van der Waals surface area (Å²) >= 11 is 0. The Morgan fingerprint density at radius 1 is 1.33 bits per heavy atom. The van der Waals surface area contributed by atoms with Crippen LogP contribution >= 0.6 is 0 Å². The van der Waals surface area contributed by atoms with Crippen molar-refractivity contribution < 1.29 is 0 Å². The summed E-state index contributed by atoms with van der Waals surface area (Å²) in [4.78, 5) is 2.66. The van der Waals surface area contributed by atoms with E-state index in [0.717, 1.165) is 17.9 Å². The van der Waals surface area contributed by atoms with Crippen LogP contribution in [-0.4, -0.2) is 37.1 Å². The highest BCUT2D eigenvalue weighted by Gasteiger charge is 2.31. The van der Waals surface area contributed by atoms with Gasteiger partial charge in [0.2, 0.25) is 0 Å². The van der Waals surface area contributed by atoms with Crippen molar-refractivity contribution in [2.24, 2.45) is 11.8 Å². The summed E-state index contributed by atoms with van der Waals surface area (Å²) in [5, 5.41) is 3.64. The first-order valence-corrected chi connectivity index (χ1v) is 6.75. The Kier molecular flexibility index (Phi) is 4.04. The quantitative estimate of drug-likeness (QED) is 0.722. The van der Waals surface area contributed by atoms with E-state index in [9.17, 15) is 0 Å². The minimum Gasteiger partial charge on any atom is -0.313 e. The molecule has 2 aliphatic rings. The van der Waals surface area contributed by atoms with E-state index in [2.05, 4.69) is 24.1 Å². The first-order chi connectivity index (χ1) is 7.29. The van der Waals surface area contributed by atoms with E-state index >= 15 is 0 Å². The van der Waals surface area contributed by atoms with Gasteiger partial charge in [-0.25, -0.2) is 0 Å². The molecule has 1 aliphatic carbocycles. The third-order valence-electron chi connectivity index (χ3n) is 3.93. The molecule has 1 aliphatic heterocycles. The minimum absolute atomic E-state index is 0.774. The Labute approximate surface area is 94.4 Å². The van der Waals surface area contributed by atoms with E-state index in [0.29, 0.717) is 0 Å². The Morgan fingerprint density at radius 3 is 2.80 bits per heavy atom. The van der Waals surface area contributed by atoms with Crippen LogP contribution in [0.2, 0.25) is 0 Å². The van der Waals surface area contributed by atoms with Crippen LogP contribution in [0.4, 0.5) is 0 Å². The molecule has 88 valence electrons. The average Bonchev–Trinajstić information content (AvgIpc) is 2.99. The normalized spacial score (nSPS) is 29.6. The van der Waals surface area contributed by atoms with Gasteiger partial charge in [0.25, 0.3) is 0 Å². The van der Waals surface area contributed by atoms with Gasteiger partial charge >= 0.3 is 0 Å². The number of likely N-dealkylation sites (tertiary alicyclic amines) is 1. The summed E-state index contributed by atoms with van der Waals surface area (Å²) in [6.07, 6.45) is 5.60. The maximum atomic E-state index is 3.64. The van der Waals surface area contributed by atoms with Gasteiger partial charge in [-0.15, -0.1) is 0 Å². The van der Waals surface area contributed by atoms with Gasteiger partial charge in [0.05, 0.1) is 0 Å². The first kappa shape index (κ1) is 11.4. The van der Waals surface area contributed by atoms with E-state index in [1.807, 2.05) is 0 Å². The molecule has 0 aromatic rings. The molecule has 2 nitrogen and oxygen atoms in total. The van der Waals surface area contributed by atoms with Crippen LogP contribution in [0.3, 0.4) is 0 Å². The second-order valence-corrected chi connectivity index (χ2v) is 5.51. The Bertz CT molecular complexity index is 189. The smallest absolute Gasteiger partial charge is 0.0207 e. The topological polar surface area (TPSA) is 15.3 Å². The van der Waals surface area contributed by atoms with Crippen molar-refractivity contribution in [3.63, 3.8) is 0 Å². The predicted molar refractivity (Wildman–Crippen MR) is 65.0 cm³/mol. The maximum absolute atomic E-state index is 3.64. The van der Waals surface area contributed by atoms with Gasteiger partial charge in [0, 0.05) is 19.1 Å². The molecule has 0 radical (unpaired) electrons. The van der Waals surface area contributed by atoms with Crippen molar-refractivity contribution in [2.75, 3.05) is 26.2 Å².